The molecule has 1 amide bonds. The Morgan fingerprint density at radius 2 is 1.70 bits per heavy atom. The number of ether oxygens (including phenoxy) is 1. The third kappa shape index (κ3) is 6.28. The van der Waals surface area contributed by atoms with Crippen LogP contribution in [0.4, 0.5) is 13.2 Å². The Bertz CT molecular complexity index is 911. The highest BCUT2D eigenvalue weighted by Gasteiger charge is 2.30. The van der Waals surface area contributed by atoms with Crippen molar-refractivity contribution in [2.24, 2.45) is 0 Å². The summed E-state index contributed by atoms with van der Waals surface area (Å²) in [6.07, 6.45) is -4.49. The highest BCUT2D eigenvalue weighted by molar-refractivity contribution is 7.91. The van der Waals surface area contributed by atoms with Crippen molar-refractivity contribution in [1.29, 1.82) is 0 Å². The molecule has 9 heteroatoms. The molecule has 0 saturated heterocycles. The normalized spacial score (nSPS) is 11.9. The molecule has 0 atom stereocenters. The summed E-state index contributed by atoms with van der Waals surface area (Å²) < 4.78 is 66.5. The van der Waals surface area contributed by atoms with Crippen LogP contribution in [0, 0.1) is 0 Å². The lowest BCUT2D eigenvalue weighted by molar-refractivity contribution is -0.137. The molecule has 0 saturated carbocycles. The van der Waals surface area contributed by atoms with E-state index in [2.05, 4.69) is 5.32 Å². The van der Waals surface area contributed by atoms with E-state index >= 15 is 0 Å². The van der Waals surface area contributed by atoms with Gasteiger partial charge in [0.2, 0.25) is 0 Å². The average Bonchev–Trinajstić information content (AvgIpc) is 2.61. The van der Waals surface area contributed by atoms with E-state index in [1.165, 1.54) is 43.3 Å². The minimum Gasteiger partial charge on any atom is -0.457 e. The van der Waals surface area contributed by atoms with Crippen LogP contribution in [0.2, 0.25) is 0 Å². The Morgan fingerprint density at radius 1 is 1.07 bits per heavy atom. The first kappa shape index (κ1) is 20.8. The number of amides is 1. The third-order valence-electron chi connectivity index (χ3n) is 3.63. The number of alkyl halides is 3. The number of rotatable bonds is 7. The van der Waals surface area contributed by atoms with Crippen LogP contribution in [0.5, 0.6) is 11.5 Å². The molecule has 1 N–H and O–H groups in total. The van der Waals surface area contributed by atoms with Crippen molar-refractivity contribution < 1.29 is 31.1 Å². The predicted octanol–water partition coefficient (Wildman–Crippen LogP) is 3.66. The Labute approximate surface area is 155 Å². The smallest absolute Gasteiger partial charge is 0.416 e. The van der Waals surface area contributed by atoms with Crippen LogP contribution in [0.1, 0.15) is 22.8 Å². The van der Waals surface area contributed by atoms with Crippen LogP contribution in [0.3, 0.4) is 0 Å². The van der Waals surface area contributed by atoms with E-state index in [-0.39, 0.29) is 35.1 Å². The van der Waals surface area contributed by atoms with Crippen molar-refractivity contribution in [3.8, 4) is 11.5 Å². The third-order valence-corrected chi connectivity index (χ3v) is 5.34. The van der Waals surface area contributed by atoms with Gasteiger partial charge in [0.1, 0.15) is 11.5 Å². The highest BCUT2D eigenvalue weighted by atomic mass is 32.2. The van der Waals surface area contributed by atoms with Crippen molar-refractivity contribution in [2.45, 2.75) is 13.1 Å². The molecular weight excluding hydrogens is 383 g/mol. The van der Waals surface area contributed by atoms with Crippen molar-refractivity contribution in [1.82, 2.24) is 5.32 Å². The quantitative estimate of drug-likeness (QED) is 0.769. The molecule has 146 valence electrons. The van der Waals surface area contributed by atoms with Crippen molar-refractivity contribution in [3.05, 3.63) is 59.7 Å². The van der Waals surface area contributed by atoms with E-state index in [1.54, 1.807) is 0 Å². The van der Waals surface area contributed by atoms with Crippen molar-refractivity contribution >= 4 is 15.7 Å². The first-order valence-electron chi connectivity index (χ1n) is 8.04. The van der Waals surface area contributed by atoms with Crippen LogP contribution in [-0.4, -0.2) is 32.4 Å². The molecule has 0 radical (unpaired) electrons. The number of carbonyl (C=O) groups is 1. The molecule has 0 aromatic heterocycles. The van der Waals surface area contributed by atoms with Gasteiger partial charge >= 0.3 is 6.18 Å². The SMILES string of the molecule is CCS(=O)(=O)CCNC(=O)c1cccc(Oc2cccc(C(F)(F)F)c2)c1. The number of hydrogen-bond acceptors (Lipinski definition) is 4. The maximum atomic E-state index is 12.8. The fourth-order valence-corrected chi connectivity index (χ4v) is 2.84. The topological polar surface area (TPSA) is 72.5 Å². The lowest BCUT2D eigenvalue weighted by atomic mass is 10.2. The van der Waals surface area contributed by atoms with Gasteiger partial charge in [-0.25, -0.2) is 8.42 Å². The predicted molar refractivity (Wildman–Crippen MR) is 94.6 cm³/mol. The summed E-state index contributed by atoms with van der Waals surface area (Å²) in [5.74, 6) is -0.519. The maximum Gasteiger partial charge on any atom is 0.416 e. The number of hydrogen-bond donors (Lipinski definition) is 1. The molecule has 0 aliphatic heterocycles. The first-order chi connectivity index (χ1) is 12.6. The number of halogens is 3. The van der Waals surface area contributed by atoms with Gasteiger partial charge in [-0.3, -0.25) is 4.79 Å². The van der Waals surface area contributed by atoms with Crippen LogP contribution < -0.4 is 10.1 Å². The van der Waals surface area contributed by atoms with Gasteiger partial charge in [-0.15, -0.1) is 0 Å². The molecule has 2 aromatic rings. The number of nitrogens with one attached hydrogen (secondary N) is 1. The number of sulfone groups is 1. The Hall–Kier alpha value is -2.55. The summed E-state index contributed by atoms with van der Waals surface area (Å²) in [4.78, 5) is 12.1. The largest absolute Gasteiger partial charge is 0.457 e. The second kappa shape index (κ2) is 8.43. The molecule has 0 aliphatic carbocycles. The standard InChI is InChI=1S/C18H18F3NO4S/c1-2-27(24,25)10-9-22-17(23)13-5-3-7-15(11-13)26-16-8-4-6-14(12-16)18(19,20)21/h3-8,11-12H,2,9-10H2,1H3,(H,22,23). The second-order valence-electron chi connectivity index (χ2n) is 5.65. The number of benzene rings is 2. The average molecular weight is 401 g/mol. The molecule has 0 bridgehead atoms. The molecule has 0 heterocycles. The van der Waals surface area contributed by atoms with Gasteiger partial charge in [-0.2, -0.15) is 13.2 Å². The van der Waals surface area contributed by atoms with Crippen LogP contribution in [-0.2, 0) is 16.0 Å². The summed E-state index contributed by atoms with van der Waals surface area (Å²) in [5, 5.41) is 2.49. The second-order valence-corrected chi connectivity index (χ2v) is 8.12. The van der Waals surface area contributed by atoms with E-state index in [4.69, 9.17) is 4.74 Å². The minimum atomic E-state index is -4.49. The summed E-state index contributed by atoms with van der Waals surface area (Å²) in [6, 6.07) is 10.3. The monoisotopic (exact) mass is 401 g/mol. The van der Waals surface area contributed by atoms with Crippen LogP contribution in [0.15, 0.2) is 48.5 Å². The molecule has 2 rings (SSSR count). The zero-order chi connectivity index (χ0) is 20.1. The van der Waals surface area contributed by atoms with Gasteiger partial charge in [0.15, 0.2) is 9.84 Å². The summed E-state index contributed by atoms with van der Waals surface area (Å²) in [5.41, 5.74) is -0.639. The molecule has 5 nitrogen and oxygen atoms in total. The maximum absolute atomic E-state index is 12.8. The molecule has 27 heavy (non-hydrogen) atoms. The zero-order valence-electron chi connectivity index (χ0n) is 14.4. The van der Waals surface area contributed by atoms with Gasteiger partial charge in [-0.05, 0) is 36.4 Å². The van der Waals surface area contributed by atoms with Gasteiger partial charge < -0.3 is 10.1 Å². The van der Waals surface area contributed by atoms with Crippen molar-refractivity contribution in [3.63, 3.8) is 0 Å². The molecule has 0 fully saturated rings. The van der Waals surface area contributed by atoms with E-state index in [1.807, 2.05) is 0 Å². The van der Waals surface area contributed by atoms with E-state index in [0.717, 1.165) is 12.1 Å². The zero-order valence-corrected chi connectivity index (χ0v) is 15.2. The molecular formula is C18H18F3NO4S. The summed E-state index contributed by atoms with van der Waals surface area (Å²) >= 11 is 0. The Morgan fingerprint density at radius 3 is 2.33 bits per heavy atom. The Kier molecular flexibility index (Phi) is 6.48. The van der Waals surface area contributed by atoms with Crippen LogP contribution in [0.25, 0.3) is 0 Å². The molecule has 2 aromatic carbocycles. The van der Waals surface area contributed by atoms with Gasteiger partial charge in [0.25, 0.3) is 5.91 Å². The van der Waals surface area contributed by atoms with Gasteiger partial charge in [-0.1, -0.05) is 19.1 Å². The molecule has 0 spiro atoms. The number of carbonyl (C=O) groups excluding carboxylic acids is 1. The Balaban J connectivity index is 2.06. The van der Waals surface area contributed by atoms with E-state index in [0.29, 0.717) is 0 Å². The van der Waals surface area contributed by atoms with E-state index < -0.39 is 27.5 Å². The van der Waals surface area contributed by atoms with E-state index in [9.17, 15) is 26.4 Å². The summed E-state index contributed by atoms with van der Waals surface area (Å²) in [6.45, 7) is 1.49. The fraction of sp³-hybridized carbons (Fsp3) is 0.278. The van der Waals surface area contributed by atoms with Gasteiger partial charge in [0.05, 0.1) is 11.3 Å². The highest BCUT2D eigenvalue weighted by Crippen LogP contribution is 2.32. The minimum absolute atomic E-state index is 0.0107. The molecule has 0 unspecified atom stereocenters. The van der Waals surface area contributed by atoms with Crippen LogP contribution >= 0.6 is 0 Å². The van der Waals surface area contributed by atoms with Gasteiger partial charge in [0, 0.05) is 17.9 Å². The summed E-state index contributed by atoms with van der Waals surface area (Å²) in [7, 11) is -3.19. The lowest BCUT2D eigenvalue weighted by Gasteiger charge is -2.11. The fourth-order valence-electron chi connectivity index (χ4n) is 2.14. The lowest BCUT2D eigenvalue weighted by Crippen LogP contribution is -2.29. The van der Waals surface area contributed by atoms with Crippen molar-refractivity contribution in [2.75, 3.05) is 18.1 Å². The molecule has 0 aliphatic rings. The first-order valence-corrected chi connectivity index (χ1v) is 9.86.